The maximum absolute atomic E-state index is 10.9. The van der Waals surface area contributed by atoms with Gasteiger partial charge in [0.1, 0.15) is 12.7 Å². The van der Waals surface area contributed by atoms with E-state index in [0.717, 1.165) is 0 Å². The van der Waals surface area contributed by atoms with E-state index >= 15 is 0 Å². The van der Waals surface area contributed by atoms with E-state index < -0.39 is 4.92 Å². The summed E-state index contributed by atoms with van der Waals surface area (Å²) >= 11 is 0. The monoisotopic (exact) mass is 286 g/mol. The van der Waals surface area contributed by atoms with E-state index in [1.165, 1.54) is 29.5 Å². The molecule has 0 bridgehead atoms. The number of hydrogen-bond donors (Lipinski definition) is 0. The van der Waals surface area contributed by atoms with Gasteiger partial charge in [0.05, 0.1) is 10.6 Å². The zero-order chi connectivity index (χ0) is 15.2. The maximum Gasteiger partial charge on any atom is 0.270 e. The summed E-state index contributed by atoms with van der Waals surface area (Å²) in [5.41, 5.74) is 1.21. The smallest absolute Gasteiger partial charge is 0.270 e. The van der Waals surface area contributed by atoms with E-state index in [1.54, 1.807) is 18.2 Å². The van der Waals surface area contributed by atoms with Gasteiger partial charge in [-0.2, -0.15) is 5.10 Å². The van der Waals surface area contributed by atoms with Crippen LogP contribution in [0.3, 0.4) is 0 Å². The van der Waals surface area contributed by atoms with Crippen molar-refractivity contribution in [2.75, 3.05) is 14.1 Å². The van der Waals surface area contributed by atoms with E-state index in [9.17, 15) is 10.1 Å². The first kappa shape index (κ1) is 14.4. The van der Waals surface area contributed by atoms with Gasteiger partial charge in [0.15, 0.2) is 0 Å². The molecule has 8 heteroatoms. The highest BCUT2D eigenvalue weighted by Gasteiger charge is 2.09. The summed E-state index contributed by atoms with van der Waals surface area (Å²) in [6.45, 7) is 0. The summed E-state index contributed by atoms with van der Waals surface area (Å²) in [4.78, 5) is 12.3. The Morgan fingerprint density at radius 1 is 1.38 bits per heavy atom. The maximum atomic E-state index is 10.9. The Morgan fingerprint density at radius 2 is 2.10 bits per heavy atom. The second-order valence-corrected chi connectivity index (χ2v) is 4.41. The van der Waals surface area contributed by atoms with Crippen LogP contribution in [0.2, 0.25) is 0 Å². The minimum atomic E-state index is -0.435. The number of nitro groups is 1. The van der Waals surface area contributed by atoms with Crippen LogP contribution in [0.4, 0.5) is 5.69 Å². The summed E-state index contributed by atoms with van der Waals surface area (Å²) in [6, 6.07) is 6.30. The summed E-state index contributed by atoms with van der Waals surface area (Å²) in [5, 5.41) is 22.6. The van der Waals surface area contributed by atoms with E-state index in [2.05, 4.69) is 15.3 Å². The van der Waals surface area contributed by atoms with Gasteiger partial charge in [0.2, 0.25) is 0 Å². The highest BCUT2D eigenvalue weighted by Crippen LogP contribution is 2.14. The lowest BCUT2D eigenvalue weighted by Crippen LogP contribution is -2.06. The van der Waals surface area contributed by atoms with Crippen molar-refractivity contribution in [3.05, 3.63) is 64.9 Å². The molecule has 0 aliphatic carbocycles. The molecule has 8 nitrogen and oxygen atoms in total. The molecule has 0 radical (unpaired) electrons. The van der Waals surface area contributed by atoms with Gasteiger partial charge >= 0.3 is 0 Å². The predicted octanol–water partition coefficient (Wildman–Crippen LogP) is 1.51. The van der Waals surface area contributed by atoms with Gasteiger partial charge in [-0.3, -0.25) is 10.1 Å². The predicted molar refractivity (Wildman–Crippen MR) is 77.9 cm³/mol. The number of allylic oxidation sites excluding steroid dienone is 1. The Labute approximate surface area is 121 Å². The van der Waals surface area contributed by atoms with Gasteiger partial charge in [-0.05, 0) is 6.08 Å². The van der Waals surface area contributed by atoms with Crippen LogP contribution < -0.4 is 0 Å². The summed E-state index contributed by atoms with van der Waals surface area (Å²) in [7, 11) is 3.75. The molecule has 0 aliphatic rings. The Hall–Kier alpha value is -3.03. The first-order valence-electron chi connectivity index (χ1n) is 6.09. The molecule has 0 unspecified atom stereocenters. The minimum absolute atomic E-state index is 0.0159. The quantitative estimate of drug-likeness (QED) is 0.472. The third kappa shape index (κ3) is 3.96. The van der Waals surface area contributed by atoms with Crippen molar-refractivity contribution in [1.82, 2.24) is 19.8 Å². The molecule has 0 spiro atoms. The number of hydrogen-bond acceptors (Lipinski definition) is 6. The van der Waals surface area contributed by atoms with E-state index in [1.807, 2.05) is 25.2 Å². The molecule has 2 aromatic rings. The van der Waals surface area contributed by atoms with Crippen LogP contribution >= 0.6 is 0 Å². The van der Waals surface area contributed by atoms with Crippen molar-refractivity contribution in [3.8, 4) is 0 Å². The molecule has 0 fully saturated rings. The molecule has 0 N–H and O–H groups in total. The molecule has 0 atom stereocenters. The van der Waals surface area contributed by atoms with E-state index in [-0.39, 0.29) is 5.69 Å². The number of nitro benzene ring substituents is 1. The second kappa shape index (κ2) is 6.42. The molecule has 1 heterocycles. The highest BCUT2D eigenvalue weighted by atomic mass is 16.6. The van der Waals surface area contributed by atoms with Crippen LogP contribution in [0.1, 0.15) is 5.56 Å². The van der Waals surface area contributed by atoms with Crippen LogP contribution in [0.25, 0.3) is 0 Å². The molecule has 108 valence electrons. The number of aromatic nitrogens is 3. The molecule has 2 rings (SSSR count). The van der Waals surface area contributed by atoms with E-state index in [0.29, 0.717) is 11.3 Å². The Kier molecular flexibility index (Phi) is 4.39. The average Bonchev–Trinajstić information content (AvgIpc) is 2.96. The average molecular weight is 286 g/mol. The number of nitrogens with zero attached hydrogens (tertiary/aromatic N) is 6. The van der Waals surface area contributed by atoms with Crippen molar-refractivity contribution < 1.29 is 4.92 Å². The molecule has 21 heavy (non-hydrogen) atoms. The van der Waals surface area contributed by atoms with Gasteiger partial charge < -0.3 is 4.90 Å². The van der Waals surface area contributed by atoms with Crippen molar-refractivity contribution in [2.24, 2.45) is 5.10 Å². The van der Waals surface area contributed by atoms with Crippen molar-refractivity contribution >= 4 is 11.4 Å². The van der Waals surface area contributed by atoms with Gasteiger partial charge in [-0.1, -0.05) is 12.1 Å². The van der Waals surface area contributed by atoms with Gasteiger partial charge in [0, 0.05) is 38.0 Å². The largest absolute Gasteiger partial charge is 0.383 e. The van der Waals surface area contributed by atoms with Gasteiger partial charge in [-0.25, -0.2) is 4.68 Å². The third-order valence-electron chi connectivity index (χ3n) is 2.51. The topological polar surface area (TPSA) is 89.5 Å². The van der Waals surface area contributed by atoms with Crippen LogP contribution in [0.15, 0.2) is 54.3 Å². The third-order valence-corrected chi connectivity index (χ3v) is 2.51. The Morgan fingerprint density at radius 3 is 2.71 bits per heavy atom. The lowest BCUT2D eigenvalue weighted by molar-refractivity contribution is -0.384. The molecule has 0 saturated heterocycles. The van der Waals surface area contributed by atoms with Gasteiger partial charge in [0.25, 0.3) is 5.69 Å². The van der Waals surface area contributed by atoms with Gasteiger partial charge in [-0.15, -0.1) is 10.2 Å². The van der Waals surface area contributed by atoms with Crippen LogP contribution in [-0.2, 0) is 0 Å². The Balaban J connectivity index is 2.44. The lowest BCUT2D eigenvalue weighted by atomic mass is 10.1. The fourth-order valence-electron chi connectivity index (χ4n) is 1.56. The van der Waals surface area contributed by atoms with Crippen molar-refractivity contribution in [3.63, 3.8) is 0 Å². The molecule has 0 aliphatic heterocycles. The first-order chi connectivity index (χ1) is 10.1. The summed E-state index contributed by atoms with van der Waals surface area (Å²) in [5.74, 6) is 0. The number of non-ortho nitro benzene ring substituents is 1. The fraction of sp³-hybridized carbons (Fsp3) is 0.154. The normalized spacial score (nSPS) is 11.8. The summed E-state index contributed by atoms with van der Waals surface area (Å²) < 4.78 is 1.44. The van der Waals surface area contributed by atoms with E-state index in [4.69, 9.17) is 0 Å². The zero-order valence-electron chi connectivity index (χ0n) is 11.6. The van der Waals surface area contributed by atoms with Crippen LogP contribution in [0.5, 0.6) is 0 Å². The molecule has 0 saturated carbocycles. The van der Waals surface area contributed by atoms with Crippen LogP contribution in [0, 0.1) is 10.1 Å². The molecule has 0 amide bonds. The fourth-order valence-corrected chi connectivity index (χ4v) is 1.56. The molecular weight excluding hydrogens is 272 g/mol. The van der Waals surface area contributed by atoms with Crippen molar-refractivity contribution in [2.45, 2.75) is 0 Å². The summed E-state index contributed by atoms with van der Waals surface area (Å²) in [6.07, 6.45) is 6.46. The standard InChI is InChI=1S/C13H14N6O2/c1-17(2)7-6-13(16-18-9-14-15-10-18)11-4-3-5-12(8-11)19(20)21/h3-10H,1-2H3/b7-6+,16-13+. The SMILES string of the molecule is CN(C)/C=C/C(=N\n1cnnc1)c1cccc([N+](=O)[O-])c1. The lowest BCUT2D eigenvalue weighted by Gasteiger charge is -2.06. The number of benzene rings is 1. The van der Waals surface area contributed by atoms with Crippen molar-refractivity contribution in [1.29, 1.82) is 0 Å². The highest BCUT2D eigenvalue weighted by molar-refractivity contribution is 6.08. The second-order valence-electron chi connectivity index (χ2n) is 4.41. The Bertz CT molecular complexity index is 676. The minimum Gasteiger partial charge on any atom is -0.383 e. The zero-order valence-corrected chi connectivity index (χ0v) is 11.6. The molecule has 1 aromatic heterocycles. The molecular formula is C13H14N6O2. The number of rotatable bonds is 5. The first-order valence-corrected chi connectivity index (χ1v) is 6.09. The molecule has 1 aromatic carbocycles. The van der Waals surface area contributed by atoms with Crippen LogP contribution in [-0.4, -0.2) is 44.5 Å².